The topological polar surface area (TPSA) is 17.8 Å². The summed E-state index contributed by atoms with van der Waals surface area (Å²) in [5.74, 6) is 0. The summed E-state index contributed by atoms with van der Waals surface area (Å²) in [4.78, 5) is 10.4. The van der Waals surface area contributed by atoms with Gasteiger partial charge in [-0.05, 0) is 58.7 Å². The molecule has 42 heavy (non-hydrogen) atoms. The molecule has 0 saturated carbocycles. The number of pyridine rings is 1. The Bertz CT molecular complexity index is 2210. The summed E-state index contributed by atoms with van der Waals surface area (Å²) < 4.78 is 2.45. The molecule has 2 aliphatic rings. The molecule has 3 heterocycles. The number of nitrogens with zero attached hydrogens (tertiary/aromatic N) is 2. The molecule has 0 fully saturated rings. The van der Waals surface area contributed by atoms with Crippen molar-refractivity contribution in [1.82, 2.24) is 9.55 Å². The molecular weight excluding hydrogens is 549 g/mol. The Balaban J connectivity index is 1.30. The first kappa shape index (κ1) is 24.4. The smallest absolute Gasteiger partial charge is 0.0703 e. The molecule has 0 bridgehead atoms. The van der Waals surface area contributed by atoms with Gasteiger partial charge in [0.2, 0.25) is 0 Å². The maximum atomic E-state index is 4.94. The maximum absolute atomic E-state index is 4.94. The van der Waals surface area contributed by atoms with Crippen LogP contribution in [-0.4, -0.2) is 9.55 Å². The third-order valence-corrected chi connectivity index (χ3v) is 11.5. The molecule has 200 valence electrons. The number of para-hydroxylation sites is 1. The van der Waals surface area contributed by atoms with Crippen LogP contribution < -0.4 is 0 Å². The molecule has 0 amide bonds. The van der Waals surface area contributed by atoms with Crippen LogP contribution in [0.25, 0.3) is 49.9 Å². The van der Waals surface area contributed by atoms with Crippen molar-refractivity contribution in [3.8, 4) is 28.1 Å². The summed E-state index contributed by atoms with van der Waals surface area (Å²) in [5.41, 5.74) is 11.1. The molecule has 9 rings (SSSR count). The molecule has 0 unspecified atom stereocenters. The van der Waals surface area contributed by atoms with Crippen molar-refractivity contribution in [3.63, 3.8) is 0 Å². The van der Waals surface area contributed by atoms with E-state index in [1.807, 2.05) is 35.8 Å². The Hall–Kier alpha value is -4.25. The minimum atomic E-state index is -0.182. The molecule has 2 nitrogen and oxygen atoms in total. The lowest BCUT2D eigenvalue weighted by molar-refractivity contribution is 0.645. The van der Waals surface area contributed by atoms with Crippen LogP contribution in [0.3, 0.4) is 0 Å². The van der Waals surface area contributed by atoms with Gasteiger partial charge >= 0.3 is 0 Å². The Kier molecular flexibility index (Phi) is 5.15. The summed E-state index contributed by atoms with van der Waals surface area (Å²) in [6.45, 7) is 4.84. The van der Waals surface area contributed by atoms with Gasteiger partial charge in [0, 0.05) is 41.3 Å². The summed E-state index contributed by atoms with van der Waals surface area (Å²) in [6, 6.07) is 41.7. The largest absolute Gasteiger partial charge is 0.307 e. The second kappa shape index (κ2) is 8.87. The highest BCUT2D eigenvalue weighted by atomic mass is 32.2. The van der Waals surface area contributed by atoms with Crippen LogP contribution in [0.2, 0.25) is 0 Å². The van der Waals surface area contributed by atoms with Crippen molar-refractivity contribution in [2.75, 3.05) is 0 Å². The lowest BCUT2D eigenvalue weighted by atomic mass is 9.81. The third kappa shape index (κ3) is 3.34. The van der Waals surface area contributed by atoms with E-state index in [0.29, 0.717) is 0 Å². The van der Waals surface area contributed by atoms with Gasteiger partial charge < -0.3 is 4.57 Å². The highest BCUT2D eigenvalue weighted by Crippen LogP contribution is 2.60. The van der Waals surface area contributed by atoms with Crippen LogP contribution in [0, 0.1) is 0 Å². The maximum Gasteiger partial charge on any atom is 0.0703 e. The zero-order valence-electron chi connectivity index (χ0n) is 23.3. The summed E-state index contributed by atoms with van der Waals surface area (Å²) in [7, 11) is 0. The summed E-state index contributed by atoms with van der Waals surface area (Å²) >= 11 is 3.83. The average Bonchev–Trinajstić information content (AvgIpc) is 3.49. The van der Waals surface area contributed by atoms with Crippen LogP contribution in [-0.2, 0) is 5.41 Å². The highest BCUT2D eigenvalue weighted by molar-refractivity contribution is 8.05. The van der Waals surface area contributed by atoms with E-state index in [9.17, 15) is 0 Å². The number of benzene rings is 5. The Morgan fingerprint density at radius 2 is 1.31 bits per heavy atom. The van der Waals surface area contributed by atoms with Gasteiger partial charge in [-0.1, -0.05) is 116 Å². The second-order valence-corrected chi connectivity index (χ2v) is 13.7. The van der Waals surface area contributed by atoms with Gasteiger partial charge in [-0.25, -0.2) is 0 Å². The van der Waals surface area contributed by atoms with E-state index in [2.05, 4.69) is 128 Å². The zero-order valence-corrected chi connectivity index (χ0v) is 24.9. The lowest BCUT2D eigenvalue weighted by Gasteiger charge is -2.28. The third-order valence-electron chi connectivity index (χ3n) is 8.86. The van der Waals surface area contributed by atoms with E-state index >= 15 is 0 Å². The molecule has 0 saturated heterocycles. The van der Waals surface area contributed by atoms with Gasteiger partial charge in [0.05, 0.1) is 28.6 Å². The molecular formula is C38H26N2S2. The van der Waals surface area contributed by atoms with Crippen LogP contribution >= 0.6 is 23.5 Å². The van der Waals surface area contributed by atoms with Crippen molar-refractivity contribution in [2.45, 2.75) is 38.8 Å². The van der Waals surface area contributed by atoms with Gasteiger partial charge in [-0.2, -0.15) is 0 Å². The number of aromatic nitrogens is 2. The monoisotopic (exact) mass is 574 g/mol. The van der Waals surface area contributed by atoms with Crippen LogP contribution in [0.1, 0.15) is 25.0 Å². The Labute approximate surface area is 253 Å². The van der Waals surface area contributed by atoms with E-state index in [1.54, 1.807) is 0 Å². The molecule has 7 aromatic rings. The first-order valence-electron chi connectivity index (χ1n) is 14.3. The molecule has 1 aliphatic heterocycles. The first-order chi connectivity index (χ1) is 20.6. The summed E-state index contributed by atoms with van der Waals surface area (Å²) in [6.07, 6.45) is 2.04. The molecule has 0 N–H and O–H groups in total. The highest BCUT2D eigenvalue weighted by Gasteiger charge is 2.42. The van der Waals surface area contributed by atoms with Crippen molar-refractivity contribution < 1.29 is 0 Å². The Morgan fingerprint density at radius 1 is 0.595 bits per heavy atom. The van der Waals surface area contributed by atoms with Gasteiger partial charge in [0.15, 0.2) is 0 Å². The van der Waals surface area contributed by atoms with Crippen molar-refractivity contribution >= 4 is 45.3 Å². The normalized spacial score (nSPS) is 14.4. The van der Waals surface area contributed by atoms with Gasteiger partial charge in [-0.3, -0.25) is 4.98 Å². The van der Waals surface area contributed by atoms with Crippen LogP contribution in [0.4, 0.5) is 0 Å². The zero-order chi connectivity index (χ0) is 28.0. The number of rotatable bonds is 2. The lowest BCUT2D eigenvalue weighted by Crippen LogP contribution is -2.18. The summed E-state index contributed by atoms with van der Waals surface area (Å²) in [5, 5.41) is 2.56. The second-order valence-electron chi connectivity index (χ2n) is 11.6. The number of hydrogen-bond acceptors (Lipinski definition) is 3. The molecule has 2 aromatic heterocycles. The van der Waals surface area contributed by atoms with Gasteiger partial charge in [0.25, 0.3) is 0 Å². The van der Waals surface area contributed by atoms with Crippen molar-refractivity contribution in [1.29, 1.82) is 0 Å². The SMILES string of the molecule is CC1(C)c2c(ccc3c2Sc2ccccc2S3)-c2ccc3c4ccccc4n(-c4ccc(-c5ccccc5)nc4)c3c21. The quantitative estimate of drug-likeness (QED) is 0.204. The average molecular weight is 575 g/mol. The molecule has 0 radical (unpaired) electrons. The minimum absolute atomic E-state index is 0.182. The molecule has 5 aromatic carbocycles. The van der Waals surface area contributed by atoms with E-state index in [-0.39, 0.29) is 5.41 Å². The van der Waals surface area contributed by atoms with E-state index in [1.165, 1.54) is 63.6 Å². The molecule has 1 aliphatic carbocycles. The standard InChI is InChI=1S/C38H26N2S2/c1-38(2)34-26(27-19-21-33-37(35(27)38)42-32-15-9-8-14-31(32)41-33)17-18-28-25-12-6-7-13-30(25)40(36(28)34)24-16-20-29(39-22-24)23-10-4-3-5-11-23/h3-22H,1-2H3. The van der Waals surface area contributed by atoms with Crippen molar-refractivity contribution in [3.05, 3.63) is 133 Å². The fourth-order valence-corrected chi connectivity index (χ4v) is 9.60. The predicted octanol–water partition coefficient (Wildman–Crippen LogP) is 10.8. The van der Waals surface area contributed by atoms with Crippen LogP contribution in [0.15, 0.2) is 141 Å². The number of fused-ring (bicyclic) bond motifs is 10. The van der Waals surface area contributed by atoms with Crippen LogP contribution in [0.5, 0.6) is 0 Å². The first-order valence-corrected chi connectivity index (χ1v) is 15.9. The fourth-order valence-electron chi connectivity index (χ4n) is 7.04. The molecule has 0 spiro atoms. The van der Waals surface area contributed by atoms with E-state index in [0.717, 1.165) is 16.9 Å². The molecule has 0 atom stereocenters. The number of hydrogen-bond donors (Lipinski definition) is 0. The van der Waals surface area contributed by atoms with Crippen molar-refractivity contribution in [2.24, 2.45) is 0 Å². The van der Waals surface area contributed by atoms with Gasteiger partial charge in [0.1, 0.15) is 0 Å². The molecule has 4 heteroatoms. The Morgan fingerprint density at radius 3 is 2.12 bits per heavy atom. The minimum Gasteiger partial charge on any atom is -0.307 e. The van der Waals surface area contributed by atoms with E-state index < -0.39 is 0 Å². The van der Waals surface area contributed by atoms with E-state index in [4.69, 9.17) is 4.98 Å². The predicted molar refractivity (Wildman–Crippen MR) is 176 cm³/mol. The fraction of sp³-hybridized carbons (Fsp3) is 0.0789. The van der Waals surface area contributed by atoms with Gasteiger partial charge in [-0.15, -0.1) is 0 Å².